The molecule has 3 nitrogen and oxygen atoms in total. The number of benzene rings is 2. The highest BCUT2D eigenvalue weighted by Gasteiger charge is 2.46. The fourth-order valence-electron chi connectivity index (χ4n) is 4.53. The quantitative estimate of drug-likeness (QED) is 0.849. The van der Waals surface area contributed by atoms with Crippen molar-refractivity contribution in [2.45, 2.75) is 31.6 Å². The lowest BCUT2D eigenvalue weighted by molar-refractivity contribution is -0.119. The average molecular weight is 332 g/mol. The molecule has 2 aliphatic heterocycles. The molecule has 25 heavy (non-hydrogen) atoms. The number of amides is 1. The van der Waals surface area contributed by atoms with Gasteiger partial charge in [0.2, 0.25) is 5.91 Å². The Morgan fingerprint density at radius 1 is 0.960 bits per heavy atom. The topological polar surface area (TPSA) is 23.6 Å². The Balaban J connectivity index is 1.33. The molecule has 1 aliphatic carbocycles. The van der Waals surface area contributed by atoms with Crippen molar-refractivity contribution in [3.63, 3.8) is 0 Å². The van der Waals surface area contributed by atoms with Gasteiger partial charge in [0, 0.05) is 36.9 Å². The zero-order valence-corrected chi connectivity index (χ0v) is 14.5. The molecule has 2 heterocycles. The van der Waals surface area contributed by atoms with Crippen LogP contribution in [-0.2, 0) is 11.2 Å². The van der Waals surface area contributed by atoms with Gasteiger partial charge in [-0.1, -0.05) is 30.3 Å². The maximum absolute atomic E-state index is 13.0. The maximum Gasteiger partial charge on any atom is 0.230 e. The van der Waals surface area contributed by atoms with E-state index in [4.69, 9.17) is 0 Å². The normalized spacial score (nSPS) is 24.5. The first kappa shape index (κ1) is 15.0. The number of hydrogen-bond donors (Lipinski definition) is 0. The third kappa shape index (κ3) is 2.62. The van der Waals surface area contributed by atoms with Crippen LogP contribution in [0.5, 0.6) is 0 Å². The van der Waals surface area contributed by atoms with Crippen LogP contribution in [0.2, 0.25) is 0 Å². The molecule has 2 fully saturated rings. The van der Waals surface area contributed by atoms with Crippen LogP contribution >= 0.6 is 0 Å². The van der Waals surface area contributed by atoms with Gasteiger partial charge in [-0.2, -0.15) is 0 Å². The fourth-order valence-corrected chi connectivity index (χ4v) is 4.53. The minimum atomic E-state index is 0.173. The number of rotatable bonds is 3. The van der Waals surface area contributed by atoms with Gasteiger partial charge in [-0.25, -0.2) is 0 Å². The van der Waals surface area contributed by atoms with Gasteiger partial charge in [0.1, 0.15) is 0 Å². The molecule has 128 valence electrons. The van der Waals surface area contributed by atoms with Gasteiger partial charge in [-0.05, 0) is 60.9 Å². The smallest absolute Gasteiger partial charge is 0.230 e. The second-order valence-electron chi connectivity index (χ2n) is 7.61. The number of anilines is 2. The highest BCUT2D eigenvalue weighted by Crippen LogP contribution is 2.49. The first-order valence-electron chi connectivity index (χ1n) is 9.55. The lowest BCUT2D eigenvalue weighted by Gasteiger charge is -2.21. The second-order valence-corrected chi connectivity index (χ2v) is 7.61. The molecule has 1 saturated heterocycles. The van der Waals surface area contributed by atoms with Crippen LogP contribution < -0.4 is 9.80 Å². The number of carbonyl (C=O) groups is 1. The molecule has 0 radical (unpaired) electrons. The lowest BCUT2D eigenvalue weighted by atomic mass is 10.1. The van der Waals surface area contributed by atoms with E-state index < -0.39 is 0 Å². The molecule has 5 rings (SSSR count). The van der Waals surface area contributed by atoms with E-state index in [1.807, 2.05) is 11.0 Å². The first-order chi connectivity index (χ1) is 12.3. The summed E-state index contributed by atoms with van der Waals surface area (Å²) in [5.74, 6) is 0.912. The monoisotopic (exact) mass is 332 g/mol. The van der Waals surface area contributed by atoms with Crippen molar-refractivity contribution in [2.75, 3.05) is 29.4 Å². The summed E-state index contributed by atoms with van der Waals surface area (Å²) in [6.45, 7) is 3.18. The van der Waals surface area contributed by atoms with Crippen molar-refractivity contribution in [3.05, 3.63) is 59.7 Å². The Kier molecular flexibility index (Phi) is 3.54. The molecule has 2 atom stereocenters. The Bertz CT molecular complexity index is 795. The number of carbonyl (C=O) groups excluding carboxylic acids is 1. The molecule has 3 aliphatic rings. The molecular formula is C22H24N2O. The first-order valence-corrected chi connectivity index (χ1v) is 9.55. The van der Waals surface area contributed by atoms with Gasteiger partial charge in [0.25, 0.3) is 0 Å². The van der Waals surface area contributed by atoms with Gasteiger partial charge in [-0.15, -0.1) is 0 Å². The summed E-state index contributed by atoms with van der Waals surface area (Å²) in [5.41, 5.74) is 5.13. The summed E-state index contributed by atoms with van der Waals surface area (Å²) >= 11 is 0. The van der Waals surface area contributed by atoms with E-state index >= 15 is 0 Å². The number of hydrogen-bond acceptors (Lipinski definition) is 2. The average Bonchev–Trinajstić information content (AvgIpc) is 3.06. The second kappa shape index (κ2) is 5.91. The van der Waals surface area contributed by atoms with E-state index in [-0.39, 0.29) is 5.92 Å². The largest absolute Gasteiger partial charge is 0.372 e. The summed E-state index contributed by atoms with van der Waals surface area (Å²) in [6.07, 6.45) is 4.58. The Hall–Kier alpha value is -2.29. The van der Waals surface area contributed by atoms with E-state index in [1.54, 1.807) is 0 Å². The minimum Gasteiger partial charge on any atom is -0.372 e. The molecular weight excluding hydrogens is 308 g/mol. The predicted octanol–water partition coefficient (Wildman–Crippen LogP) is 3.98. The Labute approximate surface area is 149 Å². The van der Waals surface area contributed by atoms with Crippen molar-refractivity contribution >= 4 is 17.3 Å². The van der Waals surface area contributed by atoms with Gasteiger partial charge >= 0.3 is 0 Å². The lowest BCUT2D eigenvalue weighted by Crippen LogP contribution is -2.30. The third-order valence-electron chi connectivity index (χ3n) is 6.03. The van der Waals surface area contributed by atoms with E-state index in [2.05, 4.69) is 47.4 Å². The predicted molar refractivity (Wildman–Crippen MR) is 101 cm³/mol. The van der Waals surface area contributed by atoms with Gasteiger partial charge in [-0.3, -0.25) is 4.79 Å². The molecule has 0 aromatic heterocycles. The van der Waals surface area contributed by atoms with Crippen molar-refractivity contribution in [1.82, 2.24) is 0 Å². The van der Waals surface area contributed by atoms with Crippen LogP contribution in [0.25, 0.3) is 0 Å². The van der Waals surface area contributed by atoms with E-state index in [9.17, 15) is 4.79 Å². The fraction of sp³-hybridized carbons (Fsp3) is 0.409. The van der Waals surface area contributed by atoms with Crippen molar-refractivity contribution in [3.8, 4) is 0 Å². The number of nitrogens with zero attached hydrogens (tertiary/aromatic N) is 2. The van der Waals surface area contributed by atoms with Crippen LogP contribution in [0.1, 0.15) is 36.3 Å². The van der Waals surface area contributed by atoms with Gasteiger partial charge < -0.3 is 9.80 Å². The van der Waals surface area contributed by atoms with Crippen LogP contribution in [0.4, 0.5) is 11.4 Å². The molecule has 0 bridgehead atoms. The van der Waals surface area contributed by atoms with Crippen molar-refractivity contribution < 1.29 is 4.79 Å². The van der Waals surface area contributed by atoms with E-state index in [1.165, 1.54) is 42.7 Å². The third-order valence-corrected chi connectivity index (χ3v) is 6.03. The maximum atomic E-state index is 13.0. The number of fused-ring (bicyclic) bond motifs is 1. The standard InChI is InChI=1S/C22H24N2O/c25-22(20-15-19(20)16-6-2-1-3-7-16)24-13-10-17-14-18(8-9-21(17)24)23-11-4-5-12-23/h1-3,6-9,14,19-20H,4-5,10-13,15H2. The van der Waals surface area contributed by atoms with Gasteiger partial charge in [0.05, 0.1) is 0 Å². The van der Waals surface area contributed by atoms with E-state index in [0.29, 0.717) is 11.8 Å². The summed E-state index contributed by atoms with van der Waals surface area (Å²) in [6, 6.07) is 17.2. The summed E-state index contributed by atoms with van der Waals surface area (Å²) in [5, 5.41) is 0. The molecule has 0 N–H and O–H groups in total. The minimum absolute atomic E-state index is 0.173. The van der Waals surface area contributed by atoms with Crippen molar-refractivity contribution in [1.29, 1.82) is 0 Å². The highest BCUT2D eigenvalue weighted by molar-refractivity contribution is 5.99. The van der Waals surface area contributed by atoms with Crippen LogP contribution in [0.3, 0.4) is 0 Å². The van der Waals surface area contributed by atoms with Crippen molar-refractivity contribution in [2.24, 2.45) is 5.92 Å². The van der Waals surface area contributed by atoms with Crippen LogP contribution in [-0.4, -0.2) is 25.5 Å². The summed E-state index contributed by atoms with van der Waals surface area (Å²) in [7, 11) is 0. The van der Waals surface area contributed by atoms with Crippen LogP contribution in [0, 0.1) is 5.92 Å². The molecule has 1 saturated carbocycles. The molecule has 2 unspecified atom stereocenters. The molecule has 3 heteroatoms. The van der Waals surface area contributed by atoms with E-state index in [0.717, 1.165) is 25.1 Å². The zero-order chi connectivity index (χ0) is 16.8. The highest BCUT2D eigenvalue weighted by atomic mass is 16.2. The SMILES string of the molecule is O=C(C1CC1c1ccccc1)N1CCc2cc(N3CCCC3)ccc21. The molecule has 2 aromatic carbocycles. The zero-order valence-electron chi connectivity index (χ0n) is 14.5. The molecule has 1 amide bonds. The molecule has 2 aromatic rings. The summed E-state index contributed by atoms with van der Waals surface area (Å²) in [4.78, 5) is 17.5. The molecule has 0 spiro atoms. The summed E-state index contributed by atoms with van der Waals surface area (Å²) < 4.78 is 0. The van der Waals surface area contributed by atoms with Crippen LogP contribution in [0.15, 0.2) is 48.5 Å². The van der Waals surface area contributed by atoms with Gasteiger partial charge in [0.15, 0.2) is 0 Å². The Morgan fingerprint density at radius 3 is 2.56 bits per heavy atom. The Morgan fingerprint density at radius 2 is 1.76 bits per heavy atom.